The first-order valence-electron chi connectivity index (χ1n) is 7.08. The van der Waals surface area contributed by atoms with Gasteiger partial charge in [-0.1, -0.05) is 0 Å². The summed E-state index contributed by atoms with van der Waals surface area (Å²) in [7, 11) is -3.53. The van der Waals surface area contributed by atoms with Gasteiger partial charge < -0.3 is 4.74 Å². The van der Waals surface area contributed by atoms with Gasteiger partial charge >= 0.3 is 0 Å². The highest BCUT2D eigenvalue weighted by Crippen LogP contribution is 2.29. The van der Waals surface area contributed by atoms with Crippen LogP contribution in [0, 0.1) is 0 Å². The van der Waals surface area contributed by atoms with Crippen LogP contribution in [0.1, 0.15) is 25.7 Å². The summed E-state index contributed by atoms with van der Waals surface area (Å²) in [4.78, 5) is 0. The summed E-state index contributed by atoms with van der Waals surface area (Å²) in [6.45, 7) is 0. The summed E-state index contributed by atoms with van der Waals surface area (Å²) in [5.74, 6) is 0.786. The minimum absolute atomic E-state index is 0.283. The zero-order valence-electron chi connectivity index (χ0n) is 11.8. The second-order valence-corrected chi connectivity index (χ2v) is 9.58. The van der Waals surface area contributed by atoms with Gasteiger partial charge in [-0.3, -0.25) is 4.72 Å². The maximum Gasteiger partial charge on any atom is 0.271 e. The molecule has 1 heterocycles. The summed E-state index contributed by atoms with van der Waals surface area (Å²) in [6.07, 6.45) is 4.94. The summed E-state index contributed by atoms with van der Waals surface area (Å²) >= 11 is 4.45. The lowest BCUT2D eigenvalue weighted by molar-refractivity contribution is 0.210. The molecule has 1 aliphatic rings. The van der Waals surface area contributed by atoms with Gasteiger partial charge in [0.05, 0.1) is 9.89 Å². The number of ether oxygens (including phenoxy) is 1. The second kappa shape index (κ2) is 6.60. The van der Waals surface area contributed by atoms with Crippen LogP contribution < -0.4 is 9.46 Å². The minimum atomic E-state index is -3.53. The van der Waals surface area contributed by atoms with Gasteiger partial charge in [0.15, 0.2) is 0 Å². The Hall–Kier alpha value is -1.05. The number of rotatable bonds is 5. The van der Waals surface area contributed by atoms with E-state index in [1.807, 2.05) is 0 Å². The molecule has 3 rings (SSSR count). The average molecular weight is 402 g/mol. The van der Waals surface area contributed by atoms with Crippen molar-refractivity contribution in [1.82, 2.24) is 0 Å². The number of sulfonamides is 1. The van der Waals surface area contributed by atoms with Crippen molar-refractivity contribution < 1.29 is 13.2 Å². The molecule has 0 saturated heterocycles. The van der Waals surface area contributed by atoms with E-state index < -0.39 is 10.0 Å². The molecule has 0 aliphatic heterocycles. The largest absolute Gasteiger partial charge is 0.490 e. The molecule has 1 N–H and O–H groups in total. The number of benzene rings is 1. The van der Waals surface area contributed by atoms with E-state index in [2.05, 4.69) is 20.7 Å². The van der Waals surface area contributed by atoms with Crippen LogP contribution in [0.5, 0.6) is 5.75 Å². The van der Waals surface area contributed by atoms with Crippen molar-refractivity contribution in [3.8, 4) is 5.75 Å². The lowest BCUT2D eigenvalue weighted by atomic mass is 10.3. The number of nitrogens with one attached hydrogen (secondary N) is 1. The molecule has 4 nitrogen and oxygen atoms in total. The van der Waals surface area contributed by atoms with E-state index in [1.165, 1.54) is 24.2 Å². The van der Waals surface area contributed by atoms with Gasteiger partial charge in [-0.05, 0) is 78.0 Å². The molecule has 0 radical (unpaired) electrons. The predicted octanol–water partition coefficient (Wildman–Crippen LogP) is 4.63. The Morgan fingerprint density at radius 3 is 2.36 bits per heavy atom. The monoisotopic (exact) mass is 401 g/mol. The third-order valence-corrected chi connectivity index (χ3v) is 7.02. The first-order chi connectivity index (χ1) is 10.5. The van der Waals surface area contributed by atoms with Gasteiger partial charge in [-0.2, -0.15) is 0 Å². The van der Waals surface area contributed by atoms with Crippen molar-refractivity contribution in [3.05, 3.63) is 40.2 Å². The van der Waals surface area contributed by atoms with Gasteiger partial charge in [0, 0.05) is 5.69 Å². The lowest BCUT2D eigenvalue weighted by Gasteiger charge is -2.13. The number of hydrogen-bond donors (Lipinski definition) is 1. The van der Waals surface area contributed by atoms with Crippen molar-refractivity contribution in [3.63, 3.8) is 0 Å². The van der Waals surface area contributed by atoms with E-state index in [4.69, 9.17) is 4.74 Å². The molecule has 2 aromatic rings. The molecule has 1 saturated carbocycles. The lowest BCUT2D eigenvalue weighted by Crippen LogP contribution is -2.12. The van der Waals surface area contributed by atoms with E-state index in [1.54, 1.807) is 36.4 Å². The van der Waals surface area contributed by atoms with E-state index in [0.717, 1.165) is 22.4 Å². The molecular formula is C15H16BrNO3S2. The highest BCUT2D eigenvalue weighted by molar-refractivity contribution is 9.11. The SMILES string of the molecule is O=S(=O)(Nc1ccc(OC2CCCC2)cc1)c1ccc(Br)s1. The van der Waals surface area contributed by atoms with Crippen LogP contribution in [0.4, 0.5) is 5.69 Å². The van der Waals surface area contributed by atoms with Gasteiger partial charge in [0.1, 0.15) is 9.96 Å². The van der Waals surface area contributed by atoms with Crippen molar-refractivity contribution in [2.45, 2.75) is 36.0 Å². The quantitative estimate of drug-likeness (QED) is 0.793. The highest BCUT2D eigenvalue weighted by atomic mass is 79.9. The summed E-state index contributed by atoms with van der Waals surface area (Å²) in [5, 5.41) is 0. The first-order valence-corrected chi connectivity index (χ1v) is 10.2. The Balaban J connectivity index is 1.67. The van der Waals surface area contributed by atoms with Crippen LogP contribution in [0.15, 0.2) is 44.4 Å². The Morgan fingerprint density at radius 2 is 1.77 bits per heavy atom. The fourth-order valence-corrected chi connectivity index (χ4v) is 5.52. The molecule has 1 aromatic heterocycles. The molecule has 0 atom stereocenters. The maximum atomic E-state index is 12.2. The summed E-state index contributed by atoms with van der Waals surface area (Å²) in [5.41, 5.74) is 0.531. The number of thiophene rings is 1. The van der Waals surface area contributed by atoms with Crippen LogP contribution in [-0.4, -0.2) is 14.5 Å². The van der Waals surface area contributed by atoms with E-state index in [-0.39, 0.29) is 4.21 Å². The third kappa shape index (κ3) is 3.83. The molecule has 1 fully saturated rings. The van der Waals surface area contributed by atoms with E-state index >= 15 is 0 Å². The smallest absolute Gasteiger partial charge is 0.271 e. The molecule has 7 heteroatoms. The molecule has 1 aromatic carbocycles. The minimum Gasteiger partial charge on any atom is -0.490 e. The fraction of sp³-hybridized carbons (Fsp3) is 0.333. The van der Waals surface area contributed by atoms with E-state index in [0.29, 0.717) is 11.8 Å². The van der Waals surface area contributed by atoms with Crippen LogP contribution in [0.25, 0.3) is 0 Å². The Bertz CT molecular complexity index is 734. The summed E-state index contributed by atoms with van der Waals surface area (Å²) in [6, 6.07) is 10.4. The van der Waals surface area contributed by atoms with Gasteiger partial charge in [-0.15, -0.1) is 11.3 Å². The normalized spacial score (nSPS) is 15.9. The van der Waals surface area contributed by atoms with Crippen LogP contribution in [0.3, 0.4) is 0 Å². The van der Waals surface area contributed by atoms with Crippen LogP contribution >= 0.6 is 27.3 Å². The molecule has 118 valence electrons. The van der Waals surface area contributed by atoms with Gasteiger partial charge in [-0.25, -0.2) is 8.42 Å². The standard InChI is InChI=1S/C15H16BrNO3S2/c16-14-9-10-15(21-14)22(18,19)17-11-5-7-13(8-6-11)20-12-3-1-2-4-12/h5-10,12,17H,1-4H2. The number of halogens is 1. The number of hydrogen-bond acceptors (Lipinski definition) is 4. The second-order valence-electron chi connectivity index (χ2n) is 5.21. The van der Waals surface area contributed by atoms with E-state index in [9.17, 15) is 8.42 Å². The molecule has 0 amide bonds. The molecular weight excluding hydrogens is 386 g/mol. The topological polar surface area (TPSA) is 55.4 Å². The van der Waals surface area contributed by atoms with Crippen molar-refractivity contribution in [1.29, 1.82) is 0 Å². The molecule has 1 aliphatic carbocycles. The van der Waals surface area contributed by atoms with Crippen molar-refractivity contribution in [2.75, 3.05) is 4.72 Å². The molecule has 22 heavy (non-hydrogen) atoms. The predicted molar refractivity (Wildman–Crippen MR) is 92.2 cm³/mol. The number of anilines is 1. The van der Waals surface area contributed by atoms with Crippen molar-refractivity contribution >= 4 is 43.0 Å². The molecule has 0 bridgehead atoms. The van der Waals surface area contributed by atoms with Crippen LogP contribution in [-0.2, 0) is 10.0 Å². The third-order valence-electron chi connectivity index (χ3n) is 3.52. The van der Waals surface area contributed by atoms with Gasteiger partial charge in [0.2, 0.25) is 0 Å². The fourth-order valence-electron chi connectivity index (χ4n) is 2.45. The maximum absolute atomic E-state index is 12.2. The highest BCUT2D eigenvalue weighted by Gasteiger charge is 2.18. The Kier molecular flexibility index (Phi) is 4.75. The average Bonchev–Trinajstić information content (AvgIpc) is 3.12. The zero-order chi connectivity index (χ0) is 15.6. The Labute approximate surface area is 142 Å². The van der Waals surface area contributed by atoms with Crippen molar-refractivity contribution in [2.24, 2.45) is 0 Å². The zero-order valence-corrected chi connectivity index (χ0v) is 15.0. The Morgan fingerprint density at radius 1 is 1.09 bits per heavy atom. The molecule has 0 spiro atoms. The van der Waals surface area contributed by atoms with Crippen LogP contribution in [0.2, 0.25) is 0 Å². The summed E-state index contributed by atoms with van der Waals surface area (Å²) < 4.78 is 34.0. The van der Waals surface area contributed by atoms with Gasteiger partial charge in [0.25, 0.3) is 10.0 Å². The first kappa shape index (κ1) is 15.8. The molecule has 0 unspecified atom stereocenters.